The SMILES string of the molecule is CCOC(=O)c1cnc(SC)nc1NS(=O)(=O)Cc1ccc(Cl)cc1Cl. The van der Waals surface area contributed by atoms with Crippen molar-refractivity contribution in [3.8, 4) is 0 Å². The Labute approximate surface area is 165 Å². The van der Waals surface area contributed by atoms with E-state index in [0.717, 1.165) is 0 Å². The summed E-state index contributed by atoms with van der Waals surface area (Å²) in [4.78, 5) is 20.1. The second kappa shape index (κ2) is 8.90. The first-order valence-corrected chi connectivity index (χ1v) is 10.9. The molecule has 7 nitrogen and oxygen atoms in total. The number of rotatable bonds is 7. The molecule has 11 heteroatoms. The van der Waals surface area contributed by atoms with Crippen LogP contribution in [-0.2, 0) is 20.5 Å². The second-order valence-electron chi connectivity index (χ2n) is 4.94. The standard InChI is InChI=1S/C15H15Cl2N3O4S2/c1-3-24-14(21)11-7-18-15(25-2)19-13(11)20-26(22,23)8-9-4-5-10(16)6-12(9)17/h4-7H,3,8H2,1-2H3,(H,18,19,20). The number of nitrogens with one attached hydrogen (secondary N) is 1. The number of aromatic nitrogens is 2. The molecule has 2 rings (SSSR count). The predicted molar refractivity (Wildman–Crippen MR) is 102 cm³/mol. The van der Waals surface area contributed by atoms with Gasteiger partial charge in [-0.15, -0.1) is 0 Å². The van der Waals surface area contributed by atoms with Crippen LogP contribution in [0.15, 0.2) is 29.6 Å². The fraction of sp³-hybridized carbons (Fsp3) is 0.267. The van der Waals surface area contributed by atoms with Gasteiger partial charge in [0.2, 0.25) is 10.0 Å². The summed E-state index contributed by atoms with van der Waals surface area (Å²) in [6, 6.07) is 4.51. The molecule has 26 heavy (non-hydrogen) atoms. The molecule has 0 aliphatic rings. The maximum atomic E-state index is 12.5. The first-order valence-electron chi connectivity index (χ1n) is 7.28. The van der Waals surface area contributed by atoms with E-state index in [9.17, 15) is 13.2 Å². The van der Waals surface area contributed by atoms with Gasteiger partial charge in [-0.1, -0.05) is 41.0 Å². The van der Waals surface area contributed by atoms with Crippen molar-refractivity contribution in [3.05, 3.63) is 45.6 Å². The summed E-state index contributed by atoms with van der Waals surface area (Å²) in [6.45, 7) is 1.77. The Hall–Kier alpha value is -1.55. The molecule has 0 radical (unpaired) electrons. The fourth-order valence-electron chi connectivity index (χ4n) is 1.93. The summed E-state index contributed by atoms with van der Waals surface area (Å²) in [6.07, 6.45) is 2.95. The van der Waals surface area contributed by atoms with Gasteiger partial charge in [0.25, 0.3) is 0 Å². The van der Waals surface area contributed by atoms with E-state index in [1.165, 1.54) is 30.1 Å². The first-order chi connectivity index (χ1) is 12.3. The summed E-state index contributed by atoms with van der Waals surface area (Å²) in [5.41, 5.74) is 0.288. The quantitative estimate of drug-likeness (QED) is 0.402. The second-order valence-corrected chi connectivity index (χ2v) is 8.28. The van der Waals surface area contributed by atoms with Crippen LogP contribution in [0, 0.1) is 0 Å². The highest BCUT2D eigenvalue weighted by Gasteiger charge is 2.21. The van der Waals surface area contributed by atoms with Crippen LogP contribution in [0.3, 0.4) is 0 Å². The average molecular weight is 436 g/mol. The number of sulfonamides is 1. The molecular formula is C15H15Cl2N3O4S2. The lowest BCUT2D eigenvalue weighted by Crippen LogP contribution is -2.20. The maximum absolute atomic E-state index is 12.5. The van der Waals surface area contributed by atoms with Crippen molar-refractivity contribution in [2.75, 3.05) is 17.6 Å². The molecule has 1 aromatic carbocycles. The van der Waals surface area contributed by atoms with Gasteiger partial charge in [0.05, 0.1) is 12.4 Å². The molecule has 2 aromatic rings. The van der Waals surface area contributed by atoms with Crippen LogP contribution in [0.1, 0.15) is 22.8 Å². The smallest absolute Gasteiger partial charge is 0.343 e. The van der Waals surface area contributed by atoms with Gasteiger partial charge in [0.1, 0.15) is 5.56 Å². The third kappa shape index (κ3) is 5.47. The summed E-state index contributed by atoms with van der Waals surface area (Å²) in [5.74, 6) is -1.28. The van der Waals surface area contributed by atoms with E-state index in [1.807, 2.05) is 0 Å². The Morgan fingerprint density at radius 3 is 2.69 bits per heavy atom. The Bertz CT molecular complexity index is 923. The van der Waals surface area contributed by atoms with E-state index in [-0.39, 0.29) is 23.0 Å². The van der Waals surface area contributed by atoms with Crippen molar-refractivity contribution < 1.29 is 17.9 Å². The van der Waals surface area contributed by atoms with E-state index in [0.29, 0.717) is 15.7 Å². The molecule has 0 bridgehead atoms. The zero-order chi connectivity index (χ0) is 19.3. The van der Waals surface area contributed by atoms with Gasteiger partial charge in [-0.05, 0) is 30.9 Å². The van der Waals surface area contributed by atoms with Crippen molar-refractivity contribution in [1.29, 1.82) is 0 Å². The average Bonchev–Trinajstić information content (AvgIpc) is 2.57. The van der Waals surface area contributed by atoms with E-state index >= 15 is 0 Å². The molecule has 0 aliphatic carbocycles. The highest BCUT2D eigenvalue weighted by molar-refractivity contribution is 7.98. The number of esters is 1. The van der Waals surface area contributed by atoms with E-state index < -0.39 is 21.7 Å². The number of halogens is 2. The maximum Gasteiger partial charge on any atom is 0.343 e. The van der Waals surface area contributed by atoms with Crippen LogP contribution in [0.5, 0.6) is 0 Å². The molecule has 1 aromatic heterocycles. The number of hydrogen-bond donors (Lipinski definition) is 1. The van der Waals surface area contributed by atoms with Crippen molar-refractivity contribution in [2.45, 2.75) is 17.8 Å². The zero-order valence-electron chi connectivity index (χ0n) is 13.8. The Kier molecular flexibility index (Phi) is 7.10. The number of anilines is 1. The molecule has 0 saturated heterocycles. The van der Waals surface area contributed by atoms with Gasteiger partial charge in [0, 0.05) is 16.2 Å². The van der Waals surface area contributed by atoms with E-state index in [2.05, 4.69) is 14.7 Å². The molecule has 140 valence electrons. The lowest BCUT2D eigenvalue weighted by atomic mass is 10.2. The summed E-state index contributed by atoms with van der Waals surface area (Å²) in [5, 5.41) is 0.926. The number of ether oxygens (including phenoxy) is 1. The van der Waals surface area contributed by atoms with Crippen molar-refractivity contribution in [1.82, 2.24) is 9.97 Å². The largest absolute Gasteiger partial charge is 0.462 e. The van der Waals surface area contributed by atoms with Crippen molar-refractivity contribution >= 4 is 56.8 Å². The monoisotopic (exact) mass is 435 g/mol. The molecule has 0 aliphatic heterocycles. The molecule has 1 heterocycles. The fourth-order valence-corrected chi connectivity index (χ4v) is 4.01. The molecule has 0 amide bonds. The minimum atomic E-state index is -3.90. The van der Waals surface area contributed by atoms with E-state index in [4.69, 9.17) is 27.9 Å². The summed E-state index contributed by atoms with van der Waals surface area (Å²) < 4.78 is 32.3. The normalized spacial score (nSPS) is 11.2. The van der Waals surface area contributed by atoms with Gasteiger partial charge < -0.3 is 4.74 Å². The van der Waals surface area contributed by atoms with Gasteiger partial charge in [-0.3, -0.25) is 4.72 Å². The molecule has 0 unspecified atom stereocenters. The number of thioether (sulfide) groups is 1. The molecule has 0 saturated carbocycles. The molecule has 1 N–H and O–H groups in total. The highest BCUT2D eigenvalue weighted by Crippen LogP contribution is 2.24. The van der Waals surface area contributed by atoms with Crippen LogP contribution >= 0.6 is 35.0 Å². The minimum absolute atomic E-state index is 0.0737. The summed E-state index contributed by atoms with van der Waals surface area (Å²) >= 11 is 13.1. The third-order valence-electron chi connectivity index (χ3n) is 3.06. The number of carbonyl (C=O) groups excluding carboxylic acids is 1. The van der Waals surface area contributed by atoms with Crippen molar-refractivity contribution in [3.63, 3.8) is 0 Å². The van der Waals surface area contributed by atoms with Crippen LogP contribution in [0.25, 0.3) is 0 Å². The van der Waals surface area contributed by atoms with Gasteiger partial charge >= 0.3 is 5.97 Å². The van der Waals surface area contributed by atoms with E-state index in [1.54, 1.807) is 19.2 Å². The predicted octanol–water partition coefficient (Wildman–Crippen LogP) is 3.62. The highest BCUT2D eigenvalue weighted by atomic mass is 35.5. The number of benzene rings is 1. The van der Waals surface area contributed by atoms with Crippen LogP contribution in [0.4, 0.5) is 5.82 Å². The molecule has 0 atom stereocenters. The van der Waals surface area contributed by atoms with Gasteiger partial charge in [-0.25, -0.2) is 23.2 Å². The molecule has 0 spiro atoms. The lowest BCUT2D eigenvalue weighted by molar-refractivity contribution is 0.0526. The summed E-state index contributed by atoms with van der Waals surface area (Å²) in [7, 11) is -3.90. The van der Waals surface area contributed by atoms with Crippen LogP contribution in [-0.4, -0.2) is 37.2 Å². The molecule has 0 fully saturated rings. The topological polar surface area (TPSA) is 98.2 Å². The van der Waals surface area contributed by atoms with Crippen molar-refractivity contribution in [2.24, 2.45) is 0 Å². The van der Waals surface area contributed by atoms with Gasteiger partial charge in [0.15, 0.2) is 11.0 Å². The number of hydrogen-bond acceptors (Lipinski definition) is 7. The Morgan fingerprint density at radius 2 is 2.08 bits per heavy atom. The first kappa shape index (κ1) is 20.8. The van der Waals surface area contributed by atoms with Crippen LogP contribution < -0.4 is 4.72 Å². The Morgan fingerprint density at radius 1 is 1.35 bits per heavy atom. The molecular weight excluding hydrogens is 421 g/mol. The third-order valence-corrected chi connectivity index (χ3v) is 5.40. The zero-order valence-corrected chi connectivity index (χ0v) is 17.0. The van der Waals surface area contributed by atoms with Crippen LogP contribution in [0.2, 0.25) is 10.0 Å². The lowest BCUT2D eigenvalue weighted by Gasteiger charge is -2.12. The Balaban J connectivity index is 2.33. The van der Waals surface area contributed by atoms with Gasteiger partial charge in [-0.2, -0.15) is 0 Å². The minimum Gasteiger partial charge on any atom is -0.462 e. The number of nitrogens with zero attached hydrogens (tertiary/aromatic N) is 2. The number of carbonyl (C=O) groups is 1.